The third kappa shape index (κ3) is 0.744. The molecule has 0 amide bonds. The van der Waals surface area contributed by atoms with Gasteiger partial charge in [0.2, 0.25) is 0 Å². The van der Waals surface area contributed by atoms with Crippen LogP contribution in [0.2, 0.25) is 0 Å². The van der Waals surface area contributed by atoms with Gasteiger partial charge in [-0.15, -0.1) is 0 Å². The lowest BCUT2D eigenvalue weighted by Gasteiger charge is -2.67. The fourth-order valence-electron chi connectivity index (χ4n) is 4.58. The van der Waals surface area contributed by atoms with E-state index in [9.17, 15) is 0 Å². The van der Waals surface area contributed by atoms with Crippen LogP contribution in [0.3, 0.4) is 0 Å². The van der Waals surface area contributed by atoms with Gasteiger partial charge < -0.3 is 0 Å². The van der Waals surface area contributed by atoms with E-state index in [1.165, 1.54) is 32.1 Å². The van der Waals surface area contributed by atoms with Crippen molar-refractivity contribution in [1.29, 1.82) is 0 Å². The predicted molar refractivity (Wildman–Crippen MR) is 53.1 cm³/mol. The molecule has 2 rings (SSSR count). The van der Waals surface area contributed by atoms with Crippen LogP contribution >= 0.6 is 0 Å². The summed E-state index contributed by atoms with van der Waals surface area (Å²) in [6.07, 6.45) is 7.37. The molecule has 0 aromatic heterocycles. The van der Waals surface area contributed by atoms with Gasteiger partial charge in [-0.2, -0.15) is 0 Å². The normalized spacial score (nSPS) is 35.0. The standard InChI is InChI=1S/C12H22/c1-10(2)9-11(3,4)12(10)7-5-6-8-12/h5-9H2,1-4H3. The summed E-state index contributed by atoms with van der Waals surface area (Å²) in [5, 5.41) is 0. The van der Waals surface area contributed by atoms with Crippen LogP contribution in [-0.4, -0.2) is 0 Å². The van der Waals surface area contributed by atoms with E-state index in [0.717, 1.165) is 0 Å². The molecule has 0 saturated heterocycles. The molecule has 2 saturated carbocycles. The average Bonchev–Trinajstić information content (AvgIpc) is 2.31. The minimum atomic E-state index is 0.632. The van der Waals surface area contributed by atoms with Crippen molar-refractivity contribution in [3.8, 4) is 0 Å². The molecular weight excluding hydrogens is 144 g/mol. The van der Waals surface area contributed by atoms with Crippen LogP contribution in [0.4, 0.5) is 0 Å². The molecule has 0 N–H and O–H groups in total. The van der Waals surface area contributed by atoms with Gasteiger partial charge in [-0.1, -0.05) is 40.5 Å². The van der Waals surface area contributed by atoms with Crippen molar-refractivity contribution in [2.24, 2.45) is 16.2 Å². The van der Waals surface area contributed by atoms with Gasteiger partial charge in [-0.05, 0) is 35.5 Å². The number of hydrogen-bond donors (Lipinski definition) is 0. The number of rotatable bonds is 0. The molecule has 2 aliphatic rings. The summed E-state index contributed by atoms with van der Waals surface area (Å²) in [7, 11) is 0. The van der Waals surface area contributed by atoms with E-state index < -0.39 is 0 Å². The molecule has 0 unspecified atom stereocenters. The Balaban J connectivity index is 2.30. The molecule has 0 aliphatic heterocycles. The third-order valence-electron chi connectivity index (χ3n) is 4.93. The van der Waals surface area contributed by atoms with Gasteiger partial charge in [0.15, 0.2) is 0 Å². The molecule has 2 aliphatic carbocycles. The Labute approximate surface area is 76.7 Å². The first-order chi connectivity index (χ1) is 5.41. The summed E-state index contributed by atoms with van der Waals surface area (Å²) in [6, 6.07) is 0. The Morgan fingerprint density at radius 2 is 1.17 bits per heavy atom. The average molecular weight is 166 g/mol. The zero-order valence-corrected chi connectivity index (χ0v) is 9.04. The highest BCUT2D eigenvalue weighted by Crippen LogP contribution is 2.73. The Bertz CT molecular complexity index is 176. The van der Waals surface area contributed by atoms with E-state index in [-0.39, 0.29) is 0 Å². The molecule has 0 heterocycles. The summed E-state index contributed by atoms with van der Waals surface area (Å²) >= 11 is 0. The van der Waals surface area contributed by atoms with Gasteiger partial charge in [0.1, 0.15) is 0 Å². The molecule has 0 atom stereocenters. The summed E-state index contributed by atoms with van der Waals surface area (Å²) < 4.78 is 0. The predicted octanol–water partition coefficient (Wildman–Crippen LogP) is 4.00. The van der Waals surface area contributed by atoms with Crippen molar-refractivity contribution < 1.29 is 0 Å². The Morgan fingerprint density at radius 1 is 0.750 bits per heavy atom. The van der Waals surface area contributed by atoms with Crippen LogP contribution in [0, 0.1) is 16.2 Å². The SMILES string of the molecule is CC1(C)CC(C)(C)C12CCCC2. The highest BCUT2D eigenvalue weighted by molar-refractivity contribution is 5.14. The molecule has 0 heteroatoms. The topological polar surface area (TPSA) is 0 Å². The highest BCUT2D eigenvalue weighted by Gasteiger charge is 2.64. The first kappa shape index (κ1) is 8.59. The van der Waals surface area contributed by atoms with Crippen LogP contribution in [0.5, 0.6) is 0 Å². The fourth-order valence-corrected chi connectivity index (χ4v) is 4.58. The molecule has 0 nitrogen and oxygen atoms in total. The third-order valence-corrected chi connectivity index (χ3v) is 4.93. The van der Waals surface area contributed by atoms with Crippen molar-refractivity contribution in [2.45, 2.75) is 59.8 Å². The Kier molecular flexibility index (Phi) is 1.49. The van der Waals surface area contributed by atoms with Crippen molar-refractivity contribution in [1.82, 2.24) is 0 Å². The largest absolute Gasteiger partial charge is 0.0593 e. The summed E-state index contributed by atoms with van der Waals surface area (Å²) in [5.41, 5.74) is 1.97. The molecule has 12 heavy (non-hydrogen) atoms. The van der Waals surface area contributed by atoms with E-state index in [1.54, 1.807) is 0 Å². The Morgan fingerprint density at radius 3 is 1.42 bits per heavy atom. The minimum absolute atomic E-state index is 0.632. The van der Waals surface area contributed by atoms with Crippen LogP contribution in [0.1, 0.15) is 59.8 Å². The van der Waals surface area contributed by atoms with E-state index >= 15 is 0 Å². The maximum Gasteiger partial charge on any atom is -0.0195 e. The minimum Gasteiger partial charge on any atom is -0.0593 e. The highest BCUT2D eigenvalue weighted by atomic mass is 14.7. The van der Waals surface area contributed by atoms with Crippen molar-refractivity contribution in [3.63, 3.8) is 0 Å². The first-order valence-electron chi connectivity index (χ1n) is 5.41. The monoisotopic (exact) mass is 166 g/mol. The number of hydrogen-bond acceptors (Lipinski definition) is 0. The van der Waals surface area contributed by atoms with Gasteiger partial charge in [0.25, 0.3) is 0 Å². The fraction of sp³-hybridized carbons (Fsp3) is 1.00. The summed E-state index contributed by atoms with van der Waals surface area (Å²) in [4.78, 5) is 0. The van der Waals surface area contributed by atoms with Gasteiger partial charge in [-0.25, -0.2) is 0 Å². The van der Waals surface area contributed by atoms with Crippen molar-refractivity contribution in [2.75, 3.05) is 0 Å². The van der Waals surface area contributed by atoms with E-state index in [0.29, 0.717) is 16.2 Å². The lowest BCUT2D eigenvalue weighted by Crippen LogP contribution is -2.59. The first-order valence-corrected chi connectivity index (χ1v) is 5.41. The van der Waals surface area contributed by atoms with Crippen LogP contribution in [-0.2, 0) is 0 Å². The van der Waals surface area contributed by atoms with Gasteiger partial charge in [0, 0.05) is 0 Å². The molecule has 0 bridgehead atoms. The smallest absolute Gasteiger partial charge is 0.0195 e. The molecule has 0 radical (unpaired) electrons. The second-order valence-electron chi connectivity index (χ2n) is 6.23. The van der Waals surface area contributed by atoms with Gasteiger partial charge in [-0.3, -0.25) is 0 Å². The van der Waals surface area contributed by atoms with Crippen molar-refractivity contribution >= 4 is 0 Å². The summed E-state index contributed by atoms with van der Waals surface area (Å²) in [6.45, 7) is 9.90. The maximum absolute atomic E-state index is 2.48. The van der Waals surface area contributed by atoms with Gasteiger partial charge >= 0.3 is 0 Å². The molecule has 2 fully saturated rings. The molecule has 0 aromatic rings. The maximum atomic E-state index is 2.48. The molecule has 0 aromatic carbocycles. The second kappa shape index (κ2) is 2.08. The van der Waals surface area contributed by atoms with E-state index in [1.807, 2.05) is 0 Å². The quantitative estimate of drug-likeness (QED) is 0.510. The summed E-state index contributed by atoms with van der Waals surface area (Å²) in [5.74, 6) is 0. The van der Waals surface area contributed by atoms with E-state index in [2.05, 4.69) is 27.7 Å². The van der Waals surface area contributed by atoms with E-state index in [4.69, 9.17) is 0 Å². The lowest BCUT2D eigenvalue weighted by atomic mass is 9.38. The van der Waals surface area contributed by atoms with Crippen LogP contribution in [0.25, 0.3) is 0 Å². The molecule has 70 valence electrons. The molecule has 1 spiro atoms. The zero-order chi connectivity index (χ0) is 9.04. The second-order valence-corrected chi connectivity index (χ2v) is 6.23. The van der Waals surface area contributed by atoms with Crippen LogP contribution in [0.15, 0.2) is 0 Å². The lowest BCUT2D eigenvalue weighted by molar-refractivity contribution is -0.178. The molecular formula is C12H22. The van der Waals surface area contributed by atoms with Gasteiger partial charge in [0.05, 0.1) is 0 Å². The van der Waals surface area contributed by atoms with Crippen LogP contribution < -0.4 is 0 Å². The van der Waals surface area contributed by atoms with Crippen molar-refractivity contribution in [3.05, 3.63) is 0 Å². The zero-order valence-electron chi connectivity index (χ0n) is 9.04. The Hall–Kier alpha value is 0.